The van der Waals surface area contributed by atoms with Crippen molar-refractivity contribution >= 4 is 11.6 Å². The zero-order valence-electron chi connectivity index (χ0n) is 8.24. The standard InChI is InChI=1S/C9H9N3O3/c1-4-3-6(13)12-8(10-4)7(9(14)15)5(2)11-12/h3,11H,1-2H3,(H,14,15). The number of hydrogen-bond acceptors (Lipinski definition) is 3. The van der Waals surface area contributed by atoms with Gasteiger partial charge in [-0.05, 0) is 13.8 Å². The van der Waals surface area contributed by atoms with E-state index in [2.05, 4.69) is 10.1 Å². The Hall–Kier alpha value is -2.11. The van der Waals surface area contributed by atoms with Crippen molar-refractivity contribution in [3.05, 3.63) is 33.4 Å². The van der Waals surface area contributed by atoms with E-state index < -0.39 is 5.97 Å². The lowest BCUT2D eigenvalue weighted by Gasteiger charge is -1.94. The molecule has 0 unspecified atom stereocenters. The van der Waals surface area contributed by atoms with Crippen LogP contribution in [0.1, 0.15) is 21.7 Å². The maximum atomic E-state index is 11.5. The first-order chi connectivity index (χ1) is 7.00. The number of H-pyrrole nitrogens is 1. The van der Waals surface area contributed by atoms with E-state index in [9.17, 15) is 9.59 Å². The Balaban J connectivity index is 2.99. The highest BCUT2D eigenvalue weighted by Crippen LogP contribution is 2.11. The van der Waals surface area contributed by atoms with Crippen molar-refractivity contribution in [1.29, 1.82) is 0 Å². The fraction of sp³-hybridized carbons (Fsp3) is 0.222. The van der Waals surface area contributed by atoms with Crippen LogP contribution in [0.15, 0.2) is 10.9 Å². The summed E-state index contributed by atoms with van der Waals surface area (Å²) in [7, 11) is 0. The third-order valence-corrected chi connectivity index (χ3v) is 2.14. The number of aromatic carboxylic acids is 1. The molecule has 0 aliphatic carbocycles. The minimum absolute atomic E-state index is 0.0378. The average Bonchev–Trinajstić information content (AvgIpc) is 2.41. The molecule has 0 bridgehead atoms. The molecule has 2 rings (SSSR count). The second kappa shape index (κ2) is 2.94. The molecular weight excluding hydrogens is 198 g/mol. The Morgan fingerprint density at radius 2 is 2.20 bits per heavy atom. The molecule has 6 heteroatoms. The fourth-order valence-electron chi connectivity index (χ4n) is 1.52. The molecule has 0 aliphatic rings. The fourth-order valence-corrected chi connectivity index (χ4v) is 1.52. The molecule has 2 N–H and O–H groups in total. The molecule has 0 amide bonds. The molecule has 2 aromatic heterocycles. The molecule has 0 aromatic carbocycles. The summed E-state index contributed by atoms with van der Waals surface area (Å²) in [5.41, 5.74) is 0.799. The van der Waals surface area contributed by atoms with Crippen molar-refractivity contribution in [2.75, 3.05) is 0 Å². The van der Waals surface area contributed by atoms with Crippen LogP contribution in [0.4, 0.5) is 0 Å². The normalized spacial score (nSPS) is 10.8. The first kappa shape index (κ1) is 9.45. The van der Waals surface area contributed by atoms with Crippen LogP contribution in [-0.2, 0) is 0 Å². The van der Waals surface area contributed by atoms with Gasteiger partial charge in [-0.2, -0.15) is 0 Å². The van der Waals surface area contributed by atoms with Gasteiger partial charge in [0.2, 0.25) is 0 Å². The van der Waals surface area contributed by atoms with E-state index in [0.29, 0.717) is 11.4 Å². The number of carboxylic acid groups (broad SMARTS) is 1. The molecule has 6 nitrogen and oxygen atoms in total. The Kier molecular flexibility index (Phi) is 1.85. The van der Waals surface area contributed by atoms with Gasteiger partial charge in [-0.1, -0.05) is 0 Å². The van der Waals surface area contributed by atoms with Crippen molar-refractivity contribution < 1.29 is 9.90 Å². The van der Waals surface area contributed by atoms with E-state index in [1.165, 1.54) is 6.07 Å². The molecule has 0 atom stereocenters. The summed E-state index contributed by atoms with van der Waals surface area (Å²) in [6.45, 7) is 3.24. The predicted molar refractivity (Wildman–Crippen MR) is 52.2 cm³/mol. The van der Waals surface area contributed by atoms with Crippen LogP contribution < -0.4 is 5.56 Å². The van der Waals surface area contributed by atoms with Crippen molar-refractivity contribution in [2.45, 2.75) is 13.8 Å². The van der Waals surface area contributed by atoms with Gasteiger partial charge < -0.3 is 5.11 Å². The Labute approximate surface area is 84.2 Å². The van der Waals surface area contributed by atoms with Gasteiger partial charge in [0.15, 0.2) is 5.65 Å². The van der Waals surface area contributed by atoms with Crippen LogP contribution in [0.3, 0.4) is 0 Å². The zero-order chi connectivity index (χ0) is 11.2. The first-order valence-corrected chi connectivity index (χ1v) is 4.33. The summed E-state index contributed by atoms with van der Waals surface area (Å²) in [4.78, 5) is 26.5. The second-order valence-corrected chi connectivity index (χ2v) is 3.31. The third-order valence-electron chi connectivity index (χ3n) is 2.14. The quantitative estimate of drug-likeness (QED) is 0.705. The topological polar surface area (TPSA) is 87.5 Å². The highest BCUT2D eigenvalue weighted by molar-refractivity contribution is 5.95. The maximum Gasteiger partial charge on any atom is 0.341 e. The van der Waals surface area contributed by atoms with Crippen LogP contribution in [0, 0.1) is 13.8 Å². The van der Waals surface area contributed by atoms with Gasteiger partial charge in [-0.3, -0.25) is 9.89 Å². The smallest absolute Gasteiger partial charge is 0.341 e. The van der Waals surface area contributed by atoms with E-state index in [1.807, 2.05) is 0 Å². The van der Waals surface area contributed by atoms with Crippen molar-refractivity contribution in [3.8, 4) is 0 Å². The summed E-state index contributed by atoms with van der Waals surface area (Å²) in [5, 5.41) is 11.6. The molecule has 0 aliphatic heterocycles. The molecule has 0 fully saturated rings. The third kappa shape index (κ3) is 1.30. The van der Waals surface area contributed by atoms with E-state index >= 15 is 0 Å². The molecule has 15 heavy (non-hydrogen) atoms. The number of aromatic nitrogens is 3. The lowest BCUT2D eigenvalue weighted by atomic mass is 10.2. The Morgan fingerprint density at radius 3 is 2.80 bits per heavy atom. The number of hydrogen-bond donors (Lipinski definition) is 2. The number of nitrogens with zero attached hydrogens (tertiary/aromatic N) is 2. The van der Waals surface area contributed by atoms with Gasteiger partial charge in [0.05, 0.1) is 0 Å². The SMILES string of the molecule is Cc1cc(=O)n2[nH]c(C)c(C(=O)O)c2n1. The minimum Gasteiger partial charge on any atom is -0.477 e. The lowest BCUT2D eigenvalue weighted by molar-refractivity contribution is 0.0698. The van der Waals surface area contributed by atoms with Gasteiger partial charge in [0.25, 0.3) is 5.56 Å². The zero-order valence-corrected chi connectivity index (χ0v) is 8.24. The van der Waals surface area contributed by atoms with Crippen LogP contribution in [0.25, 0.3) is 5.65 Å². The molecule has 0 spiro atoms. The number of aryl methyl sites for hydroxylation is 2. The largest absolute Gasteiger partial charge is 0.477 e. The Bertz CT molecular complexity index is 609. The van der Waals surface area contributed by atoms with E-state index in [1.54, 1.807) is 13.8 Å². The van der Waals surface area contributed by atoms with Gasteiger partial charge >= 0.3 is 5.97 Å². The monoisotopic (exact) mass is 207 g/mol. The number of carbonyl (C=O) groups is 1. The minimum atomic E-state index is -1.09. The van der Waals surface area contributed by atoms with Crippen molar-refractivity contribution in [2.24, 2.45) is 0 Å². The highest BCUT2D eigenvalue weighted by atomic mass is 16.4. The summed E-state index contributed by atoms with van der Waals surface area (Å²) < 4.78 is 1.13. The van der Waals surface area contributed by atoms with Crippen molar-refractivity contribution in [1.82, 2.24) is 14.6 Å². The van der Waals surface area contributed by atoms with E-state index in [4.69, 9.17) is 5.11 Å². The summed E-state index contributed by atoms with van der Waals surface area (Å²) in [6, 6.07) is 1.34. The van der Waals surface area contributed by atoms with Crippen molar-refractivity contribution in [3.63, 3.8) is 0 Å². The molecule has 0 saturated carbocycles. The van der Waals surface area contributed by atoms with Crippen LogP contribution in [0.5, 0.6) is 0 Å². The van der Waals surface area contributed by atoms with E-state index in [0.717, 1.165) is 4.52 Å². The van der Waals surface area contributed by atoms with Gasteiger partial charge in [0, 0.05) is 17.5 Å². The molecule has 2 aromatic rings. The molecule has 2 heterocycles. The number of rotatable bonds is 1. The van der Waals surface area contributed by atoms with E-state index in [-0.39, 0.29) is 16.8 Å². The van der Waals surface area contributed by atoms with Crippen LogP contribution in [0.2, 0.25) is 0 Å². The van der Waals surface area contributed by atoms with Crippen LogP contribution >= 0.6 is 0 Å². The number of aromatic amines is 1. The number of carboxylic acids is 1. The Morgan fingerprint density at radius 1 is 1.53 bits per heavy atom. The number of fused-ring (bicyclic) bond motifs is 1. The van der Waals surface area contributed by atoms with Gasteiger partial charge in [-0.15, -0.1) is 0 Å². The predicted octanol–water partition coefficient (Wildman–Crippen LogP) is 0.338. The molecular formula is C9H9N3O3. The van der Waals surface area contributed by atoms with Crippen LogP contribution in [-0.4, -0.2) is 25.7 Å². The maximum absolute atomic E-state index is 11.5. The molecule has 78 valence electrons. The molecule has 0 radical (unpaired) electrons. The summed E-state index contributed by atoms with van der Waals surface area (Å²) in [6.07, 6.45) is 0. The molecule has 0 saturated heterocycles. The average molecular weight is 207 g/mol. The summed E-state index contributed by atoms with van der Waals surface area (Å²) >= 11 is 0. The lowest BCUT2D eigenvalue weighted by Crippen LogP contribution is -2.15. The number of nitrogens with one attached hydrogen (secondary N) is 1. The highest BCUT2D eigenvalue weighted by Gasteiger charge is 2.17. The van der Waals surface area contributed by atoms with Gasteiger partial charge in [0.1, 0.15) is 5.56 Å². The van der Waals surface area contributed by atoms with Gasteiger partial charge in [-0.25, -0.2) is 14.3 Å². The summed E-state index contributed by atoms with van der Waals surface area (Å²) in [5.74, 6) is -1.09. The first-order valence-electron chi connectivity index (χ1n) is 4.33. The second-order valence-electron chi connectivity index (χ2n) is 3.31.